The molecule has 0 saturated heterocycles. The smallest absolute Gasteiger partial charge is 0.328 e. The van der Waals surface area contributed by atoms with Crippen molar-refractivity contribution in [2.24, 2.45) is 22.2 Å². The average molecular weight is 372 g/mol. The molecule has 146 valence electrons. The van der Waals surface area contributed by atoms with E-state index < -0.39 is 30.2 Å². The summed E-state index contributed by atoms with van der Waals surface area (Å²) in [6, 6.07) is -2.73. The minimum Gasteiger partial charge on any atom is -0.480 e. The van der Waals surface area contributed by atoms with Crippen molar-refractivity contribution in [1.82, 2.24) is 20.8 Å². The number of aliphatic hydroxyl groups is 1. The number of hydrogen-bond donors (Lipinski definition) is 7. The standard InChI is InChI=1S/C13H24N8O5/c1-6(22)9(11(23)24)20-13(25)18-5-8-19-10(21-26-8)7(14)3-2-4-17-12(15)16/h6-7,9,22H,2-5,14H2,1H3,(H,23,24)(H4,15,16,17)(H2,18,20,25). The van der Waals surface area contributed by atoms with E-state index in [0.717, 1.165) is 0 Å². The van der Waals surface area contributed by atoms with Gasteiger partial charge < -0.3 is 42.6 Å². The molecule has 13 heteroatoms. The number of urea groups is 1. The van der Waals surface area contributed by atoms with Crippen molar-refractivity contribution >= 4 is 18.0 Å². The topological polar surface area (TPSA) is 228 Å². The van der Waals surface area contributed by atoms with Gasteiger partial charge in [0.25, 0.3) is 0 Å². The third-order valence-electron chi connectivity index (χ3n) is 3.22. The van der Waals surface area contributed by atoms with Crippen molar-refractivity contribution in [3.05, 3.63) is 11.7 Å². The zero-order valence-corrected chi connectivity index (χ0v) is 14.3. The first-order valence-corrected chi connectivity index (χ1v) is 7.79. The Hall–Kier alpha value is -2.93. The lowest BCUT2D eigenvalue weighted by Gasteiger charge is -2.16. The molecule has 0 aliphatic heterocycles. The number of nitrogens with two attached hydrogens (primary N) is 3. The maximum absolute atomic E-state index is 11.7. The Balaban J connectivity index is 2.44. The predicted molar refractivity (Wildman–Crippen MR) is 89.6 cm³/mol. The summed E-state index contributed by atoms with van der Waals surface area (Å²) >= 11 is 0. The van der Waals surface area contributed by atoms with Crippen LogP contribution in [0.5, 0.6) is 0 Å². The normalized spacial score (nSPS) is 14.1. The Morgan fingerprint density at radius 1 is 1.38 bits per heavy atom. The summed E-state index contributed by atoms with van der Waals surface area (Å²) in [5.41, 5.74) is 16.4. The van der Waals surface area contributed by atoms with E-state index in [1.54, 1.807) is 0 Å². The van der Waals surface area contributed by atoms with E-state index in [1.807, 2.05) is 0 Å². The SMILES string of the molecule is CC(O)C(NC(=O)NCc1nc(C(N)CCCN=C(N)N)no1)C(=O)O. The average Bonchev–Trinajstić information content (AvgIpc) is 3.02. The van der Waals surface area contributed by atoms with Crippen LogP contribution in [0.15, 0.2) is 9.52 Å². The van der Waals surface area contributed by atoms with Crippen molar-refractivity contribution < 1.29 is 24.3 Å². The highest BCUT2D eigenvalue weighted by Crippen LogP contribution is 2.12. The fourth-order valence-electron chi connectivity index (χ4n) is 1.88. The number of amides is 2. The molecular formula is C13H24N8O5. The lowest BCUT2D eigenvalue weighted by Crippen LogP contribution is -2.51. The van der Waals surface area contributed by atoms with Gasteiger partial charge >= 0.3 is 12.0 Å². The molecule has 26 heavy (non-hydrogen) atoms. The van der Waals surface area contributed by atoms with E-state index in [2.05, 4.69) is 25.8 Å². The van der Waals surface area contributed by atoms with E-state index >= 15 is 0 Å². The molecule has 0 radical (unpaired) electrons. The van der Waals surface area contributed by atoms with Crippen LogP contribution in [0.25, 0.3) is 0 Å². The van der Waals surface area contributed by atoms with E-state index in [9.17, 15) is 14.7 Å². The first-order valence-electron chi connectivity index (χ1n) is 7.79. The molecule has 0 bridgehead atoms. The van der Waals surface area contributed by atoms with E-state index in [1.165, 1.54) is 6.92 Å². The van der Waals surface area contributed by atoms with Crippen LogP contribution in [-0.2, 0) is 11.3 Å². The van der Waals surface area contributed by atoms with Gasteiger partial charge in [-0.25, -0.2) is 9.59 Å². The van der Waals surface area contributed by atoms with Crippen LogP contribution >= 0.6 is 0 Å². The van der Waals surface area contributed by atoms with Crippen LogP contribution in [-0.4, -0.2) is 57.0 Å². The van der Waals surface area contributed by atoms with Gasteiger partial charge in [-0.3, -0.25) is 4.99 Å². The maximum Gasteiger partial charge on any atom is 0.328 e. The minimum atomic E-state index is -1.44. The van der Waals surface area contributed by atoms with Crippen LogP contribution in [0.1, 0.15) is 37.5 Å². The summed E-state index contributed by atoms with van der Waals surface area (Å²) in [5, 5.41) is 26.4. The second kappa shape index (κ2) is 10.1. The summed E-state index contributed by atoms with van der Waals surface area (Å²) in [7, 11) is 0. The summed E-state index contributed by atoms with van der Waals surface area (Å²) in [6.07, 6.45) is -0.108. The Kier molecular flexibility index (Phi) is 8.24. The number of rotatable bonds is 10. The second-order valence-corrected chi connectivity index (χ2v) is 5.49. The molecule has 0 aliphatic rings. The lowest BCUT2D eigenvalue weighted by molar-refractivity contribution is -0.141. The van der Waals surface area contributed by atoms with Gasteiger partial charge in [0.05, 0.1) is 18.7 Å². The van der Waals surface area contributed by atoms with Gasteiger partial charge in [-0.05, 0) is 19.8 Å². The summed E-state index contributed by atoms with van der Waals surface area (Å²) in [6.45, 7) is 1.54. The number of aromatic nitrogens is 2. The number of carbonyl (C=O) groups is 2. The monoisotopic (exact) mass is 372 g/mol. The van der Waals surface area contributed by atoms with Gasteiger partial charge in [0.2, 0.25) is 5.89 Å². The Labute approximate surface area is 149 Å². The van der Waals surface area contributed by atoms with Gasteiger partial charge in [0.15, 0.2) is 17.8 Å². The molecule has 1 rings (SSSR count). The number of carboxylic acid groups (broad SMARTS) is 1. The van der Waals surface area contributed by atoms with Crippen molar-refractivity contribution in [1.29, 1.82) is 0 Å². The van der Waals surface area contributed by atoms with Crippen LogP contribution in [0, 0.1) is 0 Å². The van der Waals surface area contributed by atoms with Crippen LogP contribution in [0.4, 0.5) is 4.79 Å². The Bertz CT molecular complexity index is 628. The molecule has 0 fully saturated rings. The highest BCUT2D eigenvalue weighted by molar-refractivity contribution is 5.82. The number of nitrogens with zero attached hydrogens (tertiary/aromatic N) is 3. The molecule has 1 aromatic heterocycles. The fraction of sp³-hybridized carbons (Fsp3) is 0.615. The summed E-state index contributed by atoms with van der Waals surface area (Å²) < 4.78 is 4.96. The zero-order valence-electron chi connectivity index (χ0n) is 14.3. The zero-order chi connectivity index (χ0) is 19.7. The number of nitrogens with one attached hydrogen (secondary N) is 2. The molecule has 2 amide bonds. The van der Waals surface area contributed by atoms with E-state index in [0.29, 0.717) is 19.4 Å². The van der Waals surface area contributed by atoms with Crippen molar-refractivity contribution in [2.45, 2.75) is 44.5 Å². The minimum absolute atomic E-state index is 0.00509. The molecule has 3 atom stereocenters. The Morgan fingerprint density at radius 2 is 2.08 bits per heavy atom. The number of guanidine groups is 1. The molecule has 0 aliphatic carbocycles. The van der Waals surface area contributed by atoms with Gasteiger partial charge in [-0.15, -0.1) is 0 Å². The molecule has 1 aromatic rings. The number of carboxylic acids is 1. The maximum atomic E-state index is 11.7. The third-order valence-corrected chi connectivity index (χ3v) is 3.22. The number of aliphatic hydroxyl groups excluding tert-OH is 1. The number of aliphatic imine (C=N–C) groups is 1. The molecule has 1 heterocycles. The third kappa shape index (κ3) is 7.31. The highest BCUT2D eigenvalue weighted by Gasteiger charge is 2.25. The molecule has 10 N–H and O–H groups in total. The van der Waals surface area contributed by atoms with E-state index in [-0.39, 0.29) is 24.2 Å². The molecule has 3 unspecified atom stereocenters. The number of carbonyl (C=O) groups excluding carboxylic acids is 1. The molecule has 0 aromatic carbocycles. The second-order valence-electron chi connectivity index (χ2n) is 5.49. The number of hydrogen-bond acceptors (Lipinski definition) is 8. The largest absolute Gasteiger partial charge is 0.480 e. The van der Waals surface area contributed by atoms with Crippen LogP contribution in [0.2, 0.25) is 0 Å². The first-order chi connectivity index (χ1) is 12.2. The summed E-state index contributed by atoms with van der Waals surface area (Å²) in [4.78, 5) is 30.4. The van der Waals surface area contributed by atoms with Gasteiger partial charge in [0.1, 0.15) is 0 Å². The predicted octanol–water partition coefficient (Wildman–Crippen LogP) is -2.24. The van der Waals surface area contributed by atoms with Gasteiger partial charge in [-0.1, -0.05) is 5.16 Å². The molecule has 0 saturated carbocycles. The molecule has 13 nitrogen and oxygen atoms in total. The lowest BCUT2D eigenvalue weighted by atomic mass is 10.1. The van der Waals surface area contributed by atoms with Crippen LogP contribution in [0.3, 0.4) is 0 Å². The Morgan fingerprint density at radius 3 is 2.65 bits per heavy atom. The van der Waals surface area contributed by atoms with Crippen molar-refractivity contribution in [2.75, 3.05) is 6.54 Å². The quantitative estimate of drug-likeness (QED) is 0.132. The highest BCUT2D eigenvalue weighted by atomic mass is 16.5. The van der Waals surface area contributed by atoms with Gasteiger partial charge in [0, 0.05) is 6.54 Å². The molecular weight excluding hydrogens is 348 g/mol. The van der Waals surface area contributed by atoms with Crippen molar-refractivity contribution in [3.8, 4) is 0 Å². The van der Waals surface area contributed by atoms with Gasteiger partial charge in [-0.2, -0.15) is 4.98 Å². The number of aliphatic carboxylic acids is 1. The van der Waals surface area contributed by atoms with Crippen molar-refractivity contribution in [3.63, 3.8) is 0 Å². The van der Waals surface area contributed by atoms with E-state index in [4.69, 9.17) is 26.8 Å². The molecule has 0 spiro atoms. The first kappa shape index (κ1) is 21.1. The van der Waals surface area contributed by atoms with Crippen LogP contribution < -0.4 is 27.8 Å². The fourth-order valence-corrected chi connectivity index (χ4v) is 1.88. The summed E-state index contributed by atoms with van der Waals surface area (Å²) in [5.74, 6) is -0.995.